The van der Waals surface area contributed by atoms with E-state index in [1.807, 2.05) is 6.07 Å². The zero-order chi connectivity index (χ0) is 11.8. The number of benzene rings is 1. The number of thiophene rings is 1. The van der Waals surface area contributed by atoms with Crippen LogP contribution in [0.1, 0.15) is 30.6 Å². The Morgan fingerprint density at radius 1 is 1.41 bits per heavy atom. The van der Waals surface area contributed by atoms with Crippen molar-refractivity contribution in [2.75, 3.05) is 6.54 Å². The molecule has 1 aliphatic heterocycles. The molecule has 3 rings (SSSR count). The second-order valence-electron chi connectivity index (χ2n) is 4.88. The first-order valence-corrected chi connectivity index (χ1v) is 6.97. The van der Waals surface area contributed by atoms with Crippen LogP contribution in [0.4, 0.5) is 4.39 Å². The molecule has 0 radical (unpaired) electrons. The van der Waals surface area contributed by atoms with Crippen LogP contribution in [0.5, 0.6) is 0 Å². The molecule has 0 amide bonds. The van der Waals surface area contributed by atoms with Crippen LogP contribution >= 0.6 is 11.3 Å². The molecule has 2 atom stereocenters. The maximum atomic E-state index is 13.6. The number of hydrogen-bond acceptors (Lipinski definition) is 2. The second kappa shape index (κ2) is 4.39. The SMILES string of the molecule is C[C@H]1C[C@H](c2cc3c(F)cccc3s2)CCN1. The fourth-order valence-corrected chi connectivity index (χ4v) is 3.86. The maximum Gasteiger partial charge on any atom is 0.131 e. The monoisotopic (exact) mass is 249 g/mol. The summed E-state index contributed by atoms with van der Waals surface area (Å²) in [7, 11) is 0. The van der Waals surface area contributed by atoms with Crippen molar-refractivity contribution >= 4 is 21.4 Å². The van der Waals surface area contributed by atoms with Crippen molar-refractivity contribution in [3.05, 3.63) is 35.0 Å². The molecule has 1 saturated heterocycles. The maximum absolute atomic E-state index is 13.6. The molecule has 1 aromatic carbocycles. The average molecular weight is 249 g/mol. The number of nitrogens with one attached hydrogen (secondary N) is 1. The van der Waals surface area contributed by atoms with Crippen molar-refractivity contribution in [3.63, 3.8) is 0 Å². The molecule has 0 saturated carbocycles. The third-order valence-electron chi connectivity index (χ3n) is 3.55. The van der Waals surface area contributed by atoms with E-state index in [4.69, 9.17) is 0 Å². The van der Waals surface area contributed by atoms with Crippen molar-refractivity contribution in [1.82, 2.24) is 5.32 Å². The van der Waals surface area contributed by atoms with E-state index in [1.165, 1.54) is 11.3 Å². The van der Waals surface area contributed by atoms with E-state index in [2.05, 4.69) is 18.3 Å². The quantitative estimate of drug-likeness (QED) is 0.808. The average Bonchev–Trinajstić information content (AvgIpc) is 2.74. The predicted molar refractivity (Wildman–Crippen MR) is 71.2 cm³/mol. The molecule has 0 aliphatic carbocycles. The largest absolute Gasteiger partial charge is 0.314 e. The van der Waals surface area contributed by atoms with Gasteiger partial charge in [-0.05, 0) is 50.4 Å². The molecule has 90 valence electrons. The van der Waals surface area contributed by atoms with Crippen LogP contribution in [-0.4, -0.2) is 12.6 Å². The zero-order valence-electron chi connectivity index (χ0n) is 9.87. The van der Waals surface area contributed by atoms with Crippen molar-refractivity contribution < 1.29 is 4.39 Å². The van der Waals surface area contributed by atoms with Crippen LogP contribution in [0.25, 0.3) is 10.1 Å². The number of rotatable bonds is 1. The topological polar surface area (TPSA) is 12.0 Å². The first-order valence-electron chi connectivity index (χ1n) is 6.15. The van der Waals surface area contributed by atoms with Gasteiger partial charge in [-0.3, -0.25) is 0 Å². The Morgan fingerprint density at radius 3 is 3.06 bits per heavy atom. The second-order valence-corrected chi connectivity index (χ2v) is 5.99. The van der Waals surface area contributed by atoms with Crippen molar-refractivity contribution in [2.45, 2.75) is 31.7 Å². The standard InChI is InChI=1S/C14H16FNS/c1-9-7-10(5-6-16-9)14-8-11-12(15)3-2-4-13(11)17-14/h2-4,8-10,16H,5-7H2,1H3/t9-,10+/m0/s1. The molecule has 2 aromatic rings. The molecule has 2 heterocycles. The van der Waals surface area contributed by atoms with Gasteiger partial charge in [-0.1, -0.05) is 6.07 Å². The molecule has 1 fully saturated rings. The number of hydrogen-bond donors (Lipinski definition) is 1. The highest BCUT2D eigenvalue weighted by Crippen LogP contribution is 2.36. The van der Waals surface area contributed by atoms with E-state index in [1.54, 1.807) is 23.5 Å². The van der Waals surface area contributed by atoms with Gasteiger partial charge in [0, 0.05) is 21.0 Å². The van der Waals surface area contributed by atoms with Crippen LogP contribution in [0.3, 0.4) is 0 Å². The molecule has 1 N–H and O–H groups in total. The van der Waals surface area contributed by atoms with Gasteiger partial charge in [0.2, 0.25) is 0 Å². The Bertz CT molecular complexity index is 534. The predicted octanol–water partition coefficient (Wildman–Crippen LogP) is 3.90. The van der Waals surface area contributed by atoms with E-state index in [0.29, 0.717) is 12.0 Å². The highest BCUT2D eigenvalue weighted by atomic mass is 32.1. The van der Waals surface area contributed by atoms with Gasteiger partial charge >= 0.3 is 0 Å². The molecule has 1 aromatic heterocycles. The van der Waals surface area contributed by atoms with Gasteiger partial charge in [0.05, 0.1) is 0 Å². The van der Waals surface area contributed by atoms with Gasteiger partial charge in [0.25, 0.3) is 0 Å². The first kappa shape index (κ1) is 11.2. The normalized spacial score (nSPS) is 25.3. The summed E-state index contributed by atoms with van der Waals surface area (Å²) >= 11 is 1.75. The molecule has 17 heavy (non-hydrogen) atoms. The molecular weight excluding hydrogens is 233 g/mol. The summed E-state index contributed by atoms with van der Waals surface area (Å²) in [5.74, 6) is 0.509. The Hall–Kier alpha value is -0.930. The summed E-state index contributed by atoms with van der Waals surface area (Å²) in [6.45, 7) is 3.29. The third kappa shape index (κ3) is 2.09. The van der Waals surface area contributed by atoms with E-state index in [0.717, 1.165) is 23.1 Å². The van der Waals surface area contributed by atoms with Crippen LogP contribution in [-0.2, 0) is 0 Å². The van der Waals surface area contributed by atoms with Crippen molar-refractivity contribution in [3.8, 4) is 0 Å². The van der Waals surface area contributed by atoms with Crippen molar-refractivity contribution in [2.24, 2.45) is 0 Å². The lowest BCUT2D eigenvalue weighted by Crippen LogP contribution is -2.34. The van der Waals surface area contributed by atoms with Crippen molar-refractivity contribution in [1.29, 1.82) is 0 Å². The smallest absolute Gasteiger partial charge is 0.131 e. The summed E-state index contributed by atoms with van der Waals surface area (Å²) in [4.78, 5) is 1.35. The summed E-state index contributed by atoms with van der Waals surface area (Å²) in [6, 6.07) is 7.98. The van der Waals surface area contributed by atoms with Gasteiger partial charge in [-0.2, -0.15) is 0 Å². The molecule has 1 nitrogen and oxygen atoms in total. The molecule has 1 aliphatic rings. The number of fused-ring (bicyclic) bond motifs is 1. The number of halogens is 1. The summed E-state index contributed by atoms with van der Waals surface area (Å²) in [6.07, 6.45) is 2.33. The molecule has 0 spiro atoms. The minimum Gasteiger partial charge on any atom is -0.314 e. The van der Waals surface area contributed by atoms with E-state index in [9.17, 15) is 4.39 Å². The third-order valence-corrected chi connectivity index (χ3v) is 4.82. The first-order chi connectivity index (χ1) is 8.24. The lowest BCUT2D eigenvalue weighted by Gasteiger charge is -2.27. The fourth-order valence-electron chi connectivity index (χ4n) is 2.64. The Labute approximate surface area is 105 Å². The van der Waals surface area contributed by atoms with Gasteiger partial charge in [0.15, 0.2) is 0 Å². The summed E-state index contributed by atoms with van der Waals surface area (Å²) in [5, 5.41) is 4.25. The van der Waals surface area contributed by atoms with Crippen LogP contribution in [0, 0.1) is 5.82 Å². The summed E-state index contributed by atoms with van der Waals surface area (Å²) < 4.78 is 14.7. The Morgan fingerprint density at radius 2 is 2.29 bits per heavy atom. The lowest BCUT2D eigenvalue weighted by atomic mass is 9.92. The fraction of sp³-hybridized carbons (Fsp3) is 0.429. The van der Waals surface area contributed by atoms with Crippen LogP contribution in [0.15, 0.2) is 24.3 Å². The lowest BCUT2D eigenvalue weighted by molar-refractivity contribution is 0.384. The highest BCUT2D eigenvalue weighted by Gasteiger charge is 2.21. The van der Waals surface area contributed by atoms with Gasteiger partial charge in [-0.25, -0.2) is 4.39 Å². The minimum absolute atomic E-state index is 0.0908. The zero-order valence-corrected chi connectivity index (χ0v) is 10.7. The van der Waals surface area contributed by atoms with Gasteiger partial charge in [-0.15, -0.1) is 11.3 Å². The molecule has 3 heteroatoms. The summed E-state index contributed by atoms with van der Waals surface area (Å²) in [5.41, 5.74) is 0. The van der Waals surface area contributed by atoms with Crippen LogP contribution < -0.4 is 5.32 Å². The van der Waals surface area contributed by atoms with Gasteiger partial charge in [0.1, 0.15) is 5.82 Å². The van der Waals surface area contributed by atoms with E-state index in [-0.39, 0.29) is 5.82 Å². The van der Waals surface area contributed by atoms with E-state index >= 15 is 0 Å². The van der Waals surface area contributed by atoms with E-state index < -0.39 is 0 Å². The molecule has 0 bridgehead atoms. The highest BCUT2D eigenvalue weighted by molar-refractivity contribution is 7.19. The number of piperidine rings is 1. The Kier molecular flexibility index (Phi) is 2.89. The molecule has 0 unspecified atom stereocenters. The van der Waals surface area contributed by atoms with Crippen LogP contribution in [0.2, 0.25) is 0 Å². The van der Waals surface area contributed by atoms with Gasteiger partial charge < -0.3 is 5.32 Å². The molecular formula is C14H16FNS. The Balaban J connectivity index is 1.97. The minimum atomic E-state index is -0.0908.